The Labute approximate surface area is 110 Å². The quantitative estimate of drug-likeness (QED) is 0.658. The maximum absolute atomic E-state index is 13.6. The third-order valence-corrected chi connectivity index (χ3v) is 3.05. The third-order valence-electron chi connectivity index (χ3n) is 3.05. The predicted octanol–water partition coefficient (Wildman–Crippen LogP) is 2.42. The summed E-state index contributed by atoms with van der Waals surface area (Å²) in [7, 11) is 0. The maximum atomic E-state index is 13.6. The molecule has 2 aromatic rings. The largest absolute Gasteiger partial charge is 0.271 e. The van der Waals surface area contributed by atoms with Crippen molar-refractivity contribution in [3.63, 3.8) is 0 Å². The molecule has 0 bridgehead atoms. The van der Waals surface area contributed by atoms with Gasteiger partial charge in [-0.1, -0.05) is 12.1 Å². The summed E-state index contributed by atoms with van der Waals surface area (Å²) >= 11 is 0. The summed E-state index contributed by atoms with van der Waals surface area (Å²) in [5.74, 6) is 4.34. The number of hydrazine groups is 1. The zero-order valence-corrected chi connectivity index (χ0v) is 10.5. The van der Waals surface area contributed by atoms with Crippen molar-refractivity contribution in [1.82, 2.24) is 10.4 Å². The Balaban J connectivity index is 2.32. The lowest BCUT2D eigenvalue weighted by Crippen LogP contribution is -2.31. The zero-order valence-electron chi connectivity index (χ0n) is 10.5. The normalized spacial score (nSPS) is 12.4. The van der Waals surface area contributed by atoms with E-state index in [4.69, 9.17) is 5.84 Å². The first-order valence-corrected chi connectivity index (χ1v) is 5.94. The number of nitrogens with two attached hydrogens (primary N) is 1. The van der Waals surface area contributed by atoms with Gasteiger partial charge in [-0.2, -0.15) is 0 Å². The van der Waals surface area contributed by atoms with Crippen LogP contribution in [0.3, 0.4) is 0 Å². The van der Waals surface area contributed by atoms with Crippen LogP contribution in [0.25, 0.3) is 0 Å². The Morgan fingerprint density at radius 1 is 1.21 bits per heavy atom. The van der Waals surface area contributed by atoms with Crippen molar-refractivity contribution in [2.75, 3.05) is 0 Å². The number of halogens is 2. The molecule has 0 radical (unpaired) electrons. The lowest BCUT2D eigenvalue weighted by atomic mass is 10.00. The first kappa shape index (κ1) is 13.6. The molecule has 0 amide bonds. The molecule has 0 saturated heterocycles. The van der Waals surface area contributed by atoms with E-state index < -0.39 is 17.7 Å². The van der Waals surface area contributed by atoms with Crippen LogP contribution in [0, 0.1) is 18.6 Å². The molecule has 5 heteroatoms. The van der Waals surface area contributed by atoms with Gasteiger partial charge in [-0.05, 0) is 30.7 Å². The molecular formula is C14H15F2N3. The van der Waals surface area contributed by atoms with Gasteiger partial charge < -0.3 is 0 Å². The standard InChI is InChI=1S/C14H15F2N3/c1-9-4-3-7-18-14(9)13(19-17)8-10-11(15)5-2-6-12(10)16/h2-7,13,19H,8,17H2,1H3. The summed E-state index contributed by atoms with van der Waals surface area (Å²) in [6.45, 7) is 1.88. The number of aromatic nitrogens is 1. The van der Waals surface area contributed by atoms with Gasteiger partial charge in [0.1, 0.15) is 11.6 Å². The first-order chi connectivity index (χ1) is 9.13. The minimum Gasteiger partial charge on any atom is -0.271 e. The van der Waals surface area contributed by atoms with Gasteiger partial charge in [-0.15, -0.1) is 0 Å². The van der Waals surface area contributed by atoms with Crippen LogP contribution in [0.4, 0.5) is 8.78 Å². The number of hydrogen-bond acceptors (Lipinski definition) is 3. The summed E-state index contributed by atoms with van der Waals surface area (Å²) in [6, 6.07) is 7.05. The van der Waals surface area contributed by atoms with Gasteiger partial charge in [0.15, 0.2) is 0 Å². The fourth-order valence-corrected chi connectivity index (χ4v) is 2.03. The van der Waals surface area contributed by atoms with Crippen LogP contribution in [-0.2, 0) is 6.42 Å². The number of aryl methyl sites for hydroxylation is 1. The minimum absolute atomic E-state index is 0.00973. The van der Waals surface area contributed by atoms with Gasteiger partial charge in [-0.3, -0.25) is 16.3 Å². The van der Waals surface area contributed by atoms with Crippen LogP contribution in [0.5, 0.6) is 0 Å². The molecule has 0 aliphatic rings. The van der Waals surface area contributed by atoms with E-state index in [9.17, 15) is 8.78 Å². The molecule has 100 valence electrons. The van der Waals surface area contributed by atoms with Crippen molar-refractivity contribution in [1.29, 1.82) is 0 Å². The van der Waals surface area contributed by atoms with Crippen LogP contribution >= 0.6 is 0 Å². The highest BCUT2D eigenvalue weighted by atomic mass is 19.1. The van der Waals surface area contributed by atoms with E-state index in [1.807, 2.05) is 13.0 Å². The van der Waals surface area contributed by atoms with E-state index in [0.29, 0.717) is 5.69 Å². The van der Waals surface area contributed by atoms with Gasteiger partial charge in [0, 0.05) is 18.2 Å². The van der Waals surface area contributed by atoms with Crippen LogP contribution < -0.4 is 11.3 Å². The number of hydrogen-bond donors (Lipinski definition) is 2. The molecule has 1 heterocycles. The van der Waals surface area contributed by atoms with Gasteiger partial charge in [0.2, 0.25) is 0 Å². The van der Waals surface area contributed by atoms with E-state index in [1.54, 1.807) is 12.3 Å². The van der Waals surface area contributed by atoms with E-state index in [2.05, 4.69) is 10.4 Å². The van der Waals surface area contributed by atoms with Crippen molar-refractivity contribution in [2.24, 2.45) is 5.84 Å². The topological polar surface area (TPSA) is 50.9 Å². The van der Waals surface area contributed by atoms with E-state index in [-0.39, 0.29) is 12.0 Å². The van der Waals surface area contributed by atoms with Crippen molar-refractivity contribution < 1.29 is 8.78 Å². The summed E-state index contributed by atoms with van der Waals surface area (Å²) in [4.78, 5) is 4.22. The number of benzene rings is 1. The molecule has 3 N–H and O–H groups in total. The summed E-state index contributed by atoms with van der Waals surface area (Å²) in [5, 5.41) is 0. The molecule has 3 nitrogen and oxygen atoms in total. The van der Waals surface area contributed by atoms with Crippen molar-refractivity contribution in [3.05, 3.63) is 65.0 Å². The highest BCUT2D eigenvalue weighted by Crippen LogP contribution is 2.22. The zero-order chi connectivity index (χ0) is 13.8. The van der Waals surface area contributed by atoms with Crippen LogP contribution in [-0.4, -0.2) is 4.98 Å². The molecule has 2 rings (SSSR count). The molecule has 1 aromatic heterocycles. The molecule has 1 aromatic carbocycles. The highest BCUT2D eigenvalue weighted by molar-refractivity contribution is 5.26. The molecule has 0 fully saturated rings. The number of nitrogens with zero attached hydrogens (tertiary/aromatic N) is 1. The summed E-state index contributed by atoms with van der Waals surface area (Å²) < 4.78 is 27.3. The maximum Gasteiger partial charge on any atom is 0.129 e. The molecule has 0 aliphatic carbocycles. The molecule has 0 aliphatic heterocycles. The lowest BCUT2D eigenvalue weighted by molar-refractivity contribution is 0.491. The van der Waals surface area contributed by atoms with Crippen LogP contribution in [0.2, 0.25) is 0 Å². The smallest absolute Gasteiger partial charge is 0.129 e. The average molecular weight is 263 g/mol. The fraction of sp³-hybridized carbons (Fsp3) is 0.214. The average Bonchev–Trinajstić information content (AvgIpc) is 2.40. The highest BCUT2D eigenvalue weighted by Gasteiger charge is 2.18. The Kier molecular flexibility index (Phi) is 4.19. The SMILES string of the molecule is Cc1cccnc1C(Cc1c(F)cccc1F)NN. The predicted molar refractivity (Wildman–Crippen MR) is 69.1 cm³/mol. The van der Waals surface area contributed by atoms with Gasteiger partial charge in [0.25, 0.3) is 0 Å². The van der Waals surface area contributed by atoms with Crippen molar-refractivity contribution in [2.45, 2.75) is 19.4 Å². The Bertz CT molecular complexity index is 552. The lowest BCUT2D eigenvalue weighted by Gasteiger charge is -2.18. The third kappa shape index (κ3) is 2.94. The number of rotatable bonds is 4. The molecule has 0 spiro atoms. The van der Waals surface area contributed by atoms with E-state index in [1.165, 1.54) is 18.2 Å². The summed E-state index contributed by atoms with van der Waals surface area (Å²) in [5.41, 5.74) is 4.18. The second-order valence-corrected chi connectivity index (χ2v) is 4.33. The molecule has 19 heavy (non-hydrogen) atoms. The number of pyridine rings is 1. The first-order valence-electron chi connectivity index (χ1n) is 5.94. The number of nitrogens with one attached hydrogen (secondary N) is 1. The van der Waals surface area contributed by atoms with E-state index >= 15 is 0 Å². The Morgan fingerprint density at radius 2 is 1.89 bits per heavy atom. The molecule has 0 saturated carbocycles. The molecule has 1 unspecified atom stereocenters. The molecule has 1 atom stereocenters. The second kappa shape index (κ2) is 5.86. The van der Waals surface area contributed by atoms with E-state index in [0.717, 1.165) is 5.56 Å². The van der Waals surface area contributed by atoms with Crippen LogP contribution in [0.15, 0.2) is 36.5 Å². The molecular weight excluding hydrogens is 248 g/mol. The second-order valence-electron chi connectivity index (χ2n) is 4.33. The summed E-state index contributed by atoms with van der Waals surface area (Å²) in [6.07, 6.45) is 1.73. The van der Waals surface area contributed by atoms with Crippen LogP contribution in [0.1, 0.15) is 22.9 Å². The Morgan fingerprint density at radius 3 is 2.47 bits per heavy atom. The van der Waals surface area contributed by atoms with Crippen molar-refractivity contribution >= 4 is 0 Å². The Hall–Kier alpha value is -1.85. The van der Waals surface area contributed by atoms with Crippen molar-refractivity contribution in [3.8, 4) is 0 Å². The minimum atomic E-state index is -0.575. The van der Waals surface area contributed by atoms with Gasteiger partial charge in [0.05, 0.1) is 11.7 Å². The van der Waals surface area contributed by atoms with Gasteiger partial charge >= 0.3 is 0 Å². The fourth-order valence-electron chi connectivity index (χ4n) is 2.03. The monoisotopic (exact) mass is 263 g/mol. The van der Waals surface area contributed by atoms with Gasteiger partial charge in [-0.25, -0.2) is 8.78 Å².